The van der Waals surface area contributed by atoms with E-state index in [1.54, 1.807) is 11.9 Å². The third-order valence-electron chi connectivity index (χ3n) is 4.86. The normalized spacial score (nSPS) is 17.7. The zero-order valence-corrected chi connectivity index (χ0v) is 16.1. The van der Waals surface area contributed by atoms with Crippen LogP contribution in [-0.2, 0) is 14.3 Å². The van der Waals surface area contributed by atoms with E-state index in [-0.39, 0.29) is 18.6 Å². The van der Waals surface area contributed by atoms with E-state index >= 15 is 0 Å². The van der Waals surface area contributed by atoms with Crippen LogP contribution in [0, 0.1) is 0 Å². The van der Waals surface area contributed by atoms with E-state index in [9.17, 15) is 9.59 Å². The summed E-state index contributed by atoms with van der Waals surface area (Å²) >= 11 is 0. The molecule has 28 heavy (non-hydrogen) atoms. The fraction of sp³-hybridized carbons (Fsp3) is 0.429. The van der Waals surface area contributed by atoms with Crippen molar-refractivity contribution in [2.45, 2.75) is 12.5 Å². The second-order valence-electron chi connectivity index (χ2n) is 7.21. The molecule has 1 atom stereocenters. The third kappa shape index (κ3) is 5.76. The molecule has 0 spiro atoms. The Balaban J connectivity index is 1.48. The van der Waals surface area contributed by atoms with Crippen LogP contribution >= 0.6 is 0 Å². The van der Waals surface area contributed by atoms with Gasteiger partial charge in [0, 0.05) is 43.7 Å². The second-order valence-corrected chi connectivity index (χ2v) is 7.21. The van der Waals surface area contributed by atoms with Crippen molar-refractivity contribution in [3.63, 3.8) is 0 Å². The minimum Gasteiger partial charge on any atom is -0.480 e. The predicted molar refractivity (Wildman–Crippen MR) is 109 cm³/mol. The molecular weight excluding hydrogens is 358 g/mol. The highest BCUT2D eigenvalue weighted by Gasteiger charge is 2.22. The van der Waals surface area contributed by atoms with Crippen LogP contribution in [0.3, 0.4) is 0 Å². The minimum absolute atomic E-state index is 0.00665. The molecule has 1 amide bonds. The third-order valence-corrected chi connectivity index (χ3v) is 4.86. The summed E-state index contributed by atoms with van der Waals surface area (Å²) in [5.41, 5.74) is 0.832. The molecule has 150 valence electrons. The number of rotatable bonds is 8. The lowest BCUT2D eigenvalue weighted by Crippen LogP contribution is -2.48. The van der Waals surface area contributed by atoms with Crippen LogP contribution in [0.25, 0.3) is 10.8 Å². The summed E-state index contributed by atoms with van der Waals surface area (Å²) in [6.07, 6.45) is 0.361. The van der Waals surface area contributed by atoms with Gasteiger partial charge in [-0.3, -0.25) is 19.4 Å². The molecular formula is C21H27N3O4. The number of nitrogens with one attached hydrogen (secondary N) is 1. The average molecular weight is 385 g/mol. The first kappa shape index (κ1) is 20.3. The fourth-order valence-electron chi connectivity index (χ4n) is 3.54. The summed E-state index contributed by atoms with van der Waals surface area (Å²) in [5.74, 6) is -0.859. The van der Waals surface area contributed by atoms with E-state index < -0.39 is 5.97 Å². The Morgan fingerprint density at radius 2 is 2.04 bits per heavy atom. The van der Waals surface area contributed by atoms with Crippen molar-refractivity contribution in [2.24, 2.45) is 0 Å². The van der Waals surface area contributed by atoms with Gasteiger partial charge in [-0.2, -0.15) is 0 Å². The number of hydrogen-bond donors (Lipinski definition) is 2. The Hall–Kier alpha value is -2.48. The number of hydrogen-bond acceptors (Lipinski definition) is 5. The summed E-state index contributed by atoms with van der Waals surface area (Å²) in [7, 11) is 1.77. The van der Waals surface area contributed by atoms with Gasteiger partial charge in [-0.1, -0.05) is 36.4 Å². The molecule has 1 fully saturated rings. The van der Waals surface area contributed by atoms with Gasteiger partial charge in [0.15, 0.2) is 0 Å². The van der Waals surface area contributed by atoms with Crippen LogP contribution in [-0.4, -0.2) is 79.3 Å². The number of morpholine rings is 1. The van der Waals surface area contributed by atoms with Crippen molar-refractivity contribution in [1.29, 1.82) is 0 Å². The van der Waals surface area contributed by atoms with E-state index in [2.05, 4.69) is 10.2 Å². The standard InChI is InChI=1S/C21H27N3O4/c1-23(15-21(26)27)13-17-14-24(11-12-28-17)10-9-20(25)22-19-8-4-6-16-5-2-3-7-18(16)19/h2-8,17H,9-15H2,1H3,(H,22,25)(H,26,27). The molecule has 0 aliphatic carbocycles. The van der Waals surface area contributed by atoms with Gasteiger partial charge in [0.1, 0.15) is 0 Å². The first-order valence-electron chi connectivity index (χ1n) is 9.53. The van der Waals surface area contributed by atoms with Gasteiger partial charge in [0.2, 0.25) is 5.91 Å². The molecule has 7 heteroatoms. The monoisotopic (exact) mass is 385 g/mol. The molecule has 0 aromatic heterocycles. The van der Waals surface area contributed by atoms with Crippen molar-refractivity contribution in [1.82, 2.24) is 9.80 Å². The molecule has 1 saturated heterocycles. The molecule has 2 N–H and O–H groups in total. The molecule has 0 bridgehead atoms. The molecule has 0 radical (unpaired) electrons. The maximum Gasteiger partial charge on any atom is 0.317 e. The Kier molecular flexibility index (Phi) is 6.97. The highest BCUT2D eigenvalue weighted by atomic mass is 16.5. The van der Waals surface area contributed by atoms with Gasteiger partial charge in [-0.05, 0) is 18.5 Å². The van der Waals surface area contributed by atoms with Crippen molar-refractivity contribution in [2.75, 3.05) is 51.7 Å². The van der Waals surface area contributed by atoms with Crippen LogP contribution in [0.5, 0.6) is 0 Å². The van der Waals surface area contributed by atoms with Crippen molar-refractivity contribution in [3.8, 4) is 0 Å². The van der Waals surface area contributed by atoms with E-state index in [0.717, 1.165) is 23.0 Å². The maximum absolute atomic E-state index is 12.4. The van der Waals surface area contributed by atoms with Crippen molar-refractivity contribution < 1.29 is 19.4 Å². The topological polar surface area (TPSA) is 82.1 Å². The number of fused-ring (bicyclic) bond motifs is 1. The van der Waals surface area contributed by atoms with Gasteiger partial charge in [-0.25, -0.2) is 0 Å². The first-order valence-corrected chi connectivity index (χ1v) is 9.53. The average Bonchev–Trinajstić information content (AvgIpc) is 2.66. The molecule has 2 aromatic rings. The van der Waals surface area contributed by atoms with Gasteiger partial charge in [-0.15, -0.1) is 0 Å². The highest BCUT2D eigenvalue weighted by molar-refractivity contribution is 6.02. The smallest absolute Gasteiger partial charge is 0.317 e. The number of amides is 1. The lowest BCUT2D eigenvalue weighted by molar-refractivity contribution is -0.138. The van der Waals surface area contributed by atoms with Crippen LogP contribution in [0.4, 0.5) is 5.69 Å². The number of ether oxygens (including phenoxy) is 1. The Labute approximate surface area is 164 Å². The van der Waals surface area contributed by atoms with Gasteiger partial charge in [0.25, 0.3) is 0 Å². The lowest BCUT2D eigenvalue weighted by atomic mass is 10.1. The molecule has 1 aliphatic heterocycles. The SMILES string of the molecule is CN(CC(=O)O)CC1CN(CCC(=O)Nc2cccc3ccccc23)CCO1. The summed E-state index contributed by atoms with van der Waals surface area (Å²) < 4.78 is 5.73. The fourth-order valence-corrected chi connectivity index (χ4v) is 3.54. The van der Waals surface area contributed by atoms with Crippen LogP contribution in [0.2, 0.25) is 0 Å². The number of carbonyl (C=O) groups is 2. The Bertz CT molecular complexity index is 821. The van der Waals surface area contributed by atoms with Crippen LogP contribution < -0.4 is 5.32 Å². The highest BCUT2D eigenvalue weighted by Crippen LogP contribution is 2.23. The van der Waals surface area contributed by atoms with Crippen molar-refractivity contribution >= 4 is 28.3 Å². The van der Waals surface area contributed by atoms with Crippen LogP contribution in [0.1, 0.15) is 6.42 Å². The van der Waals surface area contributed by atoms with Gasteiger partial charge < -0.3 is 15.2 Å². The van der Waals surface area contributed by atoms with Crippen molar-refractivity contribution in [3.05, 3.63) is 42.5 Å². The Morgan fingerprint density at radius 3 is 2.86 bits per heavy atom. The summed E-state index contributed by atoms with van der Waals surface area (Å²) in [6.45, 7) is 3.28. The molecule has 1 heterocycles. The molecule has 1 unspecified atom stereocenters. The van der Waals surface area contributed by atoms with E-state index in [1.807, 2.05) is 42.5 Å². The minimum atomic E-state index is -0.847. The van der Waals surface area contributed by atoms with Crippen LogP contribution in [0.15, 0.2) is 42.5 Å². The molecule has 7 nitrogen and oxygen atoms in total. The predicted octanol–water partition coefficient (Wildman–Crippen LogP) is 1.89. The zero-order valence-electron chi connectivity index (χ0n) is 16.1. The molecule has 0 saturated carbocycles. The number of anilines is 1. The lowest BCUT2D eigenvalue weighted by Gasteiger charge is -2.34. The second kappa shape index (κ2) is 9.64. The number of carbonyl (C=O) groups excluding carboxylic acids is 1. The Morgan fingerprint density at radius 1 is 1.25 bits per heavy atom. The summed E-state index contributed by atoms with van der Waals surface area (Å²) in [5, 5.41) is 14.0. The maximum atomic E-state index is 12.4. The van der Waals surface area contributed by atoms with E-state index in [1.165, 1.54) is 0 Å². The number of likely N-dealkylation sites (N-methyl/N-ethyl adjacent to an activating group) is 1. The molecule has 3 rings (SSSR count). The number of carboxylic acids is 1. The summed E-state index contributed by atoms with van der Waals surface area (Å²) in [6, 6.07) is 13.9. The van der Waals surface area contributed by atoms with Gasteiger partial charge >= 0.3 is 5.97 Å². The number of nitrogens with zero attached hydrogens (tertiary/aromatic N) is 2. The summed E-state index contributed by atoms with van der Waals surface area (Å²) in [4.78, 5) is 27.2. The van der Waals surface area contributed by atoms with E-state index in [0.29, 0.717) is 32.7 Å². The molecule has 1 aliphatic rings. The number of benzene rings is 2. The number of aliphatic carboxylic acids is 1. The number of carboxylic acid groups (broad SMARTS) is 1. The quantitative estimate of drug-likeness (QED) is 0.722. The van der Waals surface area contributed by atoms with Gasteiger partial charge in [0.05, 0.1) is 19.3 Å². The largest absolute Gasteiger partial charge is 0.480 e. The molecule has 2 aromatic carbocycles. The zero-order chi connectivity index (χ0) is 19.9. The van der Waals surface area contributed by atoms with E-state index in [4.69, 9.17) is 9.84 Å². The first-order chi connectivity index (χ1) is 13.5.